The summed E-state index contributed by atoms with van der Waals surface area (Å²) in [7, 11) is 0. The van der Waals surface area contributed by atoms with Gasteiger partial charge in [0.1, 0.15) is 0 Å². The first-order valence-corrected chi connectivity index (χ1v) is 18.4. The zero-order chi connectivity index (χ0) is 34.0. The molecule has 1 heteroatoms. The molecule has 0 N–H and O–H groups in total. The Morgan fingerprint density at radius 1 is 0.353 bits per heavy atom. The van der Waals surface area contributed by atoms with E-state index in [1.165, 1.54) is 87.0 Å². The number of hydrogen-bond acceptors (Lipinski definition) is 1. The van der Waals surface area contributed by atoms with Gasteiger partial charge in [-0.25, -0.2) is 0 Å². The van der Waals surface area contributed by atoms with E-state index in [-0.39, 0.29) is 5.41 Å². The minimum atomic E-state index is 0.0739. The smallest absolute Gasteiger partial charge is 0.0462 e. The standard InChI is InChI=1S/C50H41N/c1-3-16-43(17-4-1)50(34-9-2-10-35-50)44-26-32-47(33-27-44)51(45-28-22-38(23-29-45)42-21-20-37-12-5-6-14-41(37)36-42)46-30-24-40(25-31-46)49-19-11-15-39-13-7-8-18-48(39)49/h1,3-8,11-33,36H,2,9-10,34-35H2. The average molecular weight is 656 g/mol. The molecule has 0 atom stereocenters. The minimum Gasteiger partial charge on any atom is -0.311 e. The lowest BCUT2D eigenvalue weighted by atomic mass is 9.65. The molecule has 1 fully saturated rings. The summed E-state index contributed by atoms with van der Waals surface area (Å²) in [6.45, 7) is 0. The quantitative estimate of drug-likeness (QED) is 0.165. The van der Waals surface area contributed by atoms with E-state index in [1.54, 1.807) is 0 Å². The van der Waals surface area contributed by atoms with Gasteiger partial charge < -0.3 is 4.90 Å². The number of hydrogen-bond donors (Lipinski definition) is 0. The molecule has 0 unspecified atom stereocenters. The van der Waals surface area contributed by atoms with Crippen LogP contribution >= 0.6 is 0 Å². The summed E-state index contributed by atoms with van der Waals surface area (Å²) < 4.78 is 0. The second-order valence-electron chi connectivity index (χ2n) is 14.1. The lowest BCUT2D eigenvalue weighted by Gasteiger charge is -2.39. The molecule has 0 heterocycles. The molecule has 8 aromatic rings. The number of fused-ring (bicyclic) bond motifs is 2. The topological polar surface area (TPSA) is 3.24 Å². The van der Waals surface area contributed by atoms with Crippen molar-refractivity contribution in [1.82, 2.24) is 0 Å². The summed E-state index contributed by atoms with van der Waals surface area (Å²) >= 11 is 0. The van der Waals surface area contributed by atoms with E-state index in [9.17, 15) is 0 Å². The van der Waals surface area contributed by atoms with Crippen molar-refractivity contribution >= 4 is 38.6 Å². The van der Waals surface area contributed by atoms with Crippen LogP contribution in [-0.4, -0.2) is 0 Å². The molecule has 1 aliphatic carbocycles. The van der Waals surface area contributed by atoms with E-state index in [0.29, 0.717) is 0 Å². The van der Waals surface area contributed by atoms with E-state index >= 15 is 0 Å². The number of rotatable bonds is 7. The molecule has 0 aliphatic heterocycles. The van der Waals surface area contributed by atoms with Gasteiger partial charge in [0, 0.05) is 22.5 Å². The van der Waals surface area contributed by atoms with Crippen LogP contribution in [0.5, 0.6) is 0 Å². The summed E-state index contributed by atoms with van der Waals surface area (Å²) in [5, 5.41) is 5.07. The Bertz CT molecular complexity index is 2410. The molecule has 1 nitrogen and oxygen atoms in total. The van der Waals surface area contributed by atoms with Gasteiger partial charge in [-0.2, -0.15) is 0 Å². The highest BCUT2D eigenvalue weighted by molar-refractivity contribution is 5.97. The van der Waals surface area contributed by atoms with Gasteiger partial charge in [0.25, 0.3) is 0 Å². The van der Waals surface area contributed by atoms with Gasteiger partial charge in [-0.05, 0) is 110 Å². The van der Waals surface area contributed by atoms with Crippen molar-refractivity contribution in [3.8, 4) is 22.3 Å². The van der Waals surface area contributed by atoms with Gasteiger partial charge in [-0.1, -0.05) is 165 Å². The lowest BCUT2D eigenvalue weighted by Crippen LogP contribution is -2.30. The van der Waals surface area contributed by atoms with E-state index in [0.717, 1.165) is 17.1 Å². The summed E-state index contributed by atoms with van der Waals surface area (Å²) in [5.41, 5.74) is 11.3. The third kappa shape index (κ3) is 5.89. The molecule has 0 saturated heterocycles. The maximum Gasteiger partial charge on any atom is 0.0462 e. The Labute approximate surface area is 301 Å². The van der Waals surface area contributed by atoms with Crippen molar-refractivity contribution in [2.75, 3.05) is 4.90 Å². The van der Waals surface area contributed by atoms with Crippen LogP contribution in [-0.2, 0) is 5.41 Å². The molecule has 246 valence electrons. The van der Waals surface area contributed by atoms with E-state index < -0.39 is 0 Å². The van der Waals surface area contributed by atoms with Crippen LogP contribution in [0.4, 0.5) is 17.1 Å². The molecule has 0 amide bonds. The fourth-order valence-electron chi connectivity index (χ4n) is 8.47. The van der Waals surface area contributed by atoms with Gasteiger partial charge in [0.05, 0.1) is 0 Å². The first-order chi connectivity index (χ1) is 25.2. The number of benzene rings is 8. The molecule has 0 spiro atoms. The summed E-state index contributed by atoms with van der Waals surface area (Å²) in [6, 6.07) is 69.4. The molecular formula is C50H41N. The SMILES string of the molecule is c1ccc(C2(c3ccc(N(c4ccc(-c5ccc6ccccc6c5)cc4)c4ccc(-c5cccc6ccccc56)cc4)cc3)CCCCC2)cc1. The van der Waals surface area contributed by atoms with Crippen LogP contribution in [0.1, 0.15) is 43.2 Å². The fourth-order valence-corrected chi connectivity index (χ4v) is 8.47. The zero-order valence-corrected chi connectivity index (χ0v) is 28.9. The summed E-state index contributed by atoms with van der Waals surface area (Å²) in [4.78, 5) is 2.40. The highest BCUT2D eigenvalue weighted by Gasteiger charge is 2.35. The highest BCUT2D eigenvalue weighted by atomic mass is 15.1. The van der Waals surface area contributed by atoms with E-state index in [1.807, 2.05) is 0 Å². The van der Waals surface area contributed by atoms with Gasteiger partial charge in [0.2, 0.25) is 0 Å². The second kappa shape index (κ2) is 13.4. The van der Waals surface area contributed by atoms with Crippen molar-refractivity contribution < 1.29 is 0 Å². The Hall–Kier alpha value is -5.92. The monoisotopic (exact) mass is 655 g/mol. The molecule has 1 aliphatic rings. The fraction of sp³-hybridized carbons (Fsp3) is 0.120. The minimum absolute atomic E-state index is 0.0739. The van der Waals surface area contributed by atoms with E-state index in [2.05, 4.69) is 193 Å². The first-order valence-electron chi connectivity index (χ1n) is 18.4. The molecule has 0 radical (unpaired) electrons. The normalized spacial score (nSPS) is 14.0. The van der Waals surface area contributed by atoms with Gasteiger partial charge in [-0.15, -0.1) is 0 Å². The Morgan fingerprint density at radius 3 is 1.59 bits per heavy atom. The van der Waals surface area contributed by atoms with Crippen LogP contribution in [0.2, 0.25) is 0 Å². The van der Waals surface area contributed by atoms with Crippen molar-refractivity contribution in [2.45, 2.75) is 37.5 Å². The maximum atomic E-state index is 2.40. The third-order valence-corrected chi connectivity index (χ3v) is 11.1. The van der Waals surface area contributed by atoms with Crippen LogP contribution < -0.4 is 4.90 Å². The predicted molar refractivity (Wildman–Crippen MR) is 217 cm³/mol. The number of anilines is 3. The third-order valence-electron chi connectivity index (χ3n) is 11.1. The van der Waals surface area contributed by atoms with Crippen molar-refractivity contribution in [1.29, 1.82) is 0 Å². The van der Waals surface area contributed by atoms with Crippen LogP contribution in [0.15, 0.2) is 188 Å². The van der Waals surface area contributed by atoms with Crippen molar-refractivity contribution in [3.05, 3.63) is 199 Å². The lowest BCUT2D eigenvalue weighted by molar-refractivity contribution is 0.346. The van der Waals surface area contributed by atoms with Crippen LogP contribution in [0.25, 0.3) is 43.8 Å². The summed E-state index contributed by atoms with van der Waals surface area (Å²) in [5.74, 6) is 0. The molecule has 51 heavy (non-hydrogen) atoms. The molecule has 8 aromatic carbocycles. The maximum absolute atomic E-state index is 2.40. The van der Waals surface area contributed by atoms with Gasteiger partial charge in [0.15, 0.2) is 0 Å². The zero-order valence-electron chi connectivity index (χ0n) is 28.9. The Balaban J connectivity index is 1.11. The van der Waals surface area contributed by atoms with Crippen molar-refractivity contribution in [2.24, 2.45) is 0 Å². The largest absolute Gasteiger partial charge is 0.311 e. The second-order valence-corrected chi connectivity index (χ2v) is 14.1. The summed E-state index contributed by atoms with van der Waals surface area (Å²) in [6.07, 6.45) is 6.27. The Morgan fingerprint density at radius 2 is 0.882 bits per heavy atom. The van der Waals surface area contributed by atoms with Gasteiger partial charge >= 0.3 is 0 Å². The predicted octanol–water partition coefficient (Wildman–Crippen LogP) is 14.0. The van der Waals surface area contributed by atoms with Crippen LogP contribution in [0, 0.1) is 0 Å². The van der Waals surface area contributed by atoms with Crippen molar-refractivity contribution in [3.63, 3.8) is 0 Å². The Kier molecular flexibility index (Phi) is 8.18. The average Bonchev–Trinajstić information content (AvgIpc) is 3.22. The molecular weight excluding hydrogens is 615 g/mol. The van der Waals surface area contributed by atoms with Crippen LogP contribution in [0.3, 0.4) is 0 Å². The number of nitrogens with zero attached hydrogens (tertiary/aromatic N) is 1. The first kappa shape index (κ1) is 31.1. The molecule has 9 rings (SSSR count). The van der Waals surface area contributed by atoms with E-state index in [4.69, 9.17) is 0 Å². The molecule has 0 aromatic heterocycles. The highest BCUT2D eigenvalue weighted by Crippen LogP contribution is 2.46. The molecule has 1 saturated carbocycles. The van der Waals surface area contributed by atoms with Gasteiger partial charge in [-0.3, -0.25) is 0 Å². The molecule has 0 bridgehead atoms.